The Morgan fingerprint density at radius 2 is 1.68 bits per heavy atom. The highest BCUT2D eigenvalue weighted by Crippen LogP contribution is 2.40. The molecule has 1 N–H and O–H groups in total. The number of fused-ring (bicyclic) bond motifs is 3. The molecule has 0 unspecified atom stereocenters. The lowest BCUT2D eigenvalue weighted by Crippen LogP contribution is -2.13. The summed E-state index contributed by atoms with van der Waals surface area (Å²) in [4.78, 5) is 19.0. The molecule has 1 aliphatic carbocycles. The summed E-state index contributed by atoms with van der Waals surface area (Å²) < 4.78 is 17.2. The zero-order valence-electron chi connectivity index (χ0n) is 18.0. The highest BCUT2D eigenvalue weighted by atomic mass is 32.1. The van der Waals surface area contributed by atoms with Crippen LogP contribution >= 0.6 is 11.3 Å². The number of benzene rings is 2. The van der Waals surface area contributed by atoms with Gasteiger partial charge >= 0.3 is 0 Å². The van der Waals surface area contributed by atoms with Crippen LogP contribution in [0.25, 0.3) is 11.3 Å². The second-order valence-corrected chi connectivity index (χ2v) is 8.09. The molecule has 4 rings (SSSR count). The SMILES string of the molecule is CCOc1cc(C(=O)Nc2nc3c(s2)CCc2ccccc2-3)cc(OCC)c1OCC. The molecule has 7 heteroatoms. The molecular weight excluding hydrogens is 412 g/mol. The van der Waals surface area contributed by atoms with Gasteiger partial charge in [-0.05, 0) is 51.3 Å². The van der Waals surface area contributed by atoms with Gasteiger partial charge in [0.25, 0.3) is 5.91 Å². The number of anilines is 1. The quantitative estimate of drug-likeness (QED) is 0.513. The zero-order chi connectivity index (χ0) is 21.8. The fourth-order valence-corrected chi connectivity index (χ4v) is 4.66. The summed E-state index contributed by atoms with van der Waals surface area (Å²) in [5, 5.41) is 3.55. The van der Waals surface area contributed by atoms with Crippen LogP contribution in [0.4, 0.5) is 5.13 Å². The lowest BCUT2D eigenvalue weighted by atomic mass is 9.94. The number of aryl methyl sites for hydroxylation is 2. The van der Waals surface area contributed by atoms with Crippen LogP contribution in [-0.4, -0.2) is 30.7 Å². The third-order valence-corrected chi connectivity index (χ3v) is 6.01. The Bertz CT molecular complexity index is 1070. The van der Waals surface area contributed by atoms with E-state index in [1.165, 1.54) is 21.8 Å². The number of hydrogen-bond acceptors (Lipinski definition) is 6. The predicted molar refractivity (Wildman–Crippen MR) is 123 cm³/mol. The summed E-state index contributed by atoms with van der Waals surface area (Å²) in [5.41, 5.74) is 3.86. The van der Waals surface area contributed by atoms with Gasteiger partial charge < -0.3 is 14.2 Å². The maximum absolute atomic E-state index is 13.1. The van der Waals surface area contributed by atoms with E-state index < -0.39 is 0 Å². The van der Waals surface area contributed by atoms with Gasteiger partial charge in [0.05, 0.1) is 25.5 Å². The Kier molecular flexibility index (Phi) is 6.42. The Labute approximate surface area is 186 Å². The van der Waals surface area contributed by atoms with Crippen LogP contribution in [0.2, 0.25) is 0 Å². The number of nitrogens with zero attached hydrogens (tertiary/aromatic N) is 1. The van der Waals surface area contributed by atoms with E-state index in [0.29, 0.717) is 47.8 Å². The van der Waals surface area contributed by atoms with E-state index in [1.54, 1.807) is 12.1 Å². The first-order chi connectivity index (χ1) is 15.1. The molecule has 0 saturated heterocycles. The number of thiazole rings is 1. The molecule has 1 aliphatic rings. The fraction of sp³-hybridized carbons (Fsp3) is 0.333. The summed E-state index contributed by atoms with van der Waals surface area (Å²) in [6, 6.07) is 11.7. The van der Waals surface area contributed by atoms with Gasteiger partial charge in [-0.25, -0.2) is 4.98 Å². The molecule has 0 atom stereocenters. The van der Waals surface area contributed by atoms with Crippen molar-refractivity contribution in [2.45, 2.75) is 33.6 Å². The Hall–Kier alpha value is -3.06. The first-order valence-electron chi connectivity index (χ1n) is 10.6. The van der Waals surface area contributed by atoms with Crippen molar-refractivity contribution >= 4 is 22.4 Å². The first kappa shape index (κ1) is 21.2. The van der Waals surface area contributed by atoms with E-state index >= 15 is 0 Å². The van der Waals surface area contributed by atoms with E-state index in [9.17, 15) is 4.79 Å². The third kappa shape index (κ3) is 4.37. The number of carbonyl (C=O) groups is 1. The normalized spacial score (nSPS) is 12.0. The van der Waals surface area contributed by atoms with Crippen LogP contribution < -0.4 is 19.5 Å². The molecule has 0 spiro atoms. The van der Waals surface area contributed by atoms with Gasteiger partial charge in [-0.1, -0.05) is 24.3 Å². The molecule has 1 aromatic heterocycles. The maximum atomic E-state index is 13.1. The Morgan fingerprint density at radius 3 is 2.35 bits per heavy atom. The van der Waals surface area contributed by atoms with Crippen molar-refractivity contribution in [3.63, 3.8) is 0 Å². The topological polar surface area (TPSA) is 69.7 Å². The number of hydrogen-bond donors (Lipinski definition) is 1. The summed E-state index contributed by atoms with van der Waals surface area (Å²) in [5.74, 6) is 1.24. The first-order valence-corrected chi connectivity index (χ1v) is 11.4. The fourth-order valence-electron chi connectivity index (χ4n) is 3.69. The number of nitrogens with one attached hydrogen (secondary N) is 1. The summed E-state index contributed by atoms with van der Waals surface area (Å²) >= 11 is 1.53. The van der Waals surface area contributed by atoms with Gasteiger partial charge in [-0.3, -0.25) is 10.1 Å². The molecule has 0 aliphatic heterocycles. The van der Waals surface area contributed by atoms with E-state index in [-0.39, 0.29) is 5.91 Å². The van der Waals surface area contributed by atoms with Gasteiger partial charge in [0, 0.05) is 16.0 Å². The molecular formula is C24H26N2O4S. The van der Waals surface area contributed by atoms with E-state index in [1.807, 2.05) is 26.8 Å². The van der Waals surface area contributed by atoms with Crippen LogP contribution in [0.5, 0.6) is 17.2 Å². The van der Waals surface area contributed by atoms with Crippen molar-refractivity contribution in [3.8, 4) is 28.5 Å². The molecule has 2 aromatic carbocycles. The number of carbonyl (C=O) groups excluding carboxylic acids is 1. The summed E-state index contributed by atoms with van der Waals surface area (Å²) in [6.07, 6.45) is 1.93. The molecule has 162 valence electrons. The van der Waals surface area contributed by atoms with Gasteiger partial charge in [-0.2, -0.15) is 0 Å². The molecule has 1 heterocycles. The average molecular weight is 439 g/mol. The van der Waals surface area contributed by atoms with E-state index in [0.717, 1.165) is 24.1 Å². The minimum absolute atomic E-state index is 0.260. The molecule has 0 bridgehead atoms. The third-order valence-electron chi connectivity index (χ3n) is 4.98. The van der Waals surface area contributed by atoms with Crippen molar-refractivity contribution in [1.82, 2.24) is 4.98 Å². The predicted octanol–water partition coefficient (Wildman–Crippen LogP) is 5.36. The molecule has 31 heavy (non-hydrogen) atoms. The number of amides is 1. The summed E-state index contributed by atoms with van der Waals surface area (Å²) in [7, 11) is 0. The Morgan fingerprint density at radius 1 is 1.00 bits per heavy atom. The van der Waals surface area contributed by atoms with Crippen LogP contribution in [0.3, 0.4) is 0 Å². The zero-order valence-corrected chi connectivity index (χ0v) is 18.8. The van der Waals surface area contributed by atoms with Crippen molar-refractivity contribution in [3.05, 3.63) is 52.4 Å². The molecule has 0 fully saturated rings. The average Bonchev–Trinajstić information content (AvgIpc) is 3.19. The Balaban J connectivity index is 1.63. The maximum Gasteiger partial charge on any atom is 0.257 e. The largest absolute Gasteiger partial charge is 0.490 e. The van der Waals surface area contributed by atoms with Crippen molar-refractivity contribution in [2.75, 3.05) is 25.1 Å². The lowest BCUT2D eigenvalue weighted by molar-refractivity contribution is 0.102. The van der Waals surface area contributed by atoms with Crippen LogP contribution in [0.15, 0.2) is 36.4 Å². The van der Waals surface area contributed by atoms with Gasteiger partial charge in [0.15, 0.2) is 16.6 Å². The monoisotopic (exact) mass is 438 g/mol. The molecule has 6 nitrogen and oxygen atoms in total. The minimum atomic E-state index is -0.260. The smallest absolute Gasteiger partial charge is 0.257 e. The van der Waals surface area contributed by atoms with Gasteiger partial charge in [0.1, 0.15) is 0 Å². The van der Waals surface area contributed by atoms with E-state index in [4.69, 9.17) is 19.2 Å². The number of aromatic nitrogens is 1. The second-order valence-electron chi connectivity index (χ2n) is 7.00. The van der Waals surface area contributed by atoms with Gasteiger partial charge in [0.2, 0.25) is 5.75 Å². The number of ether oxygens (including phenoxy) is 3. The van der Waals surface area contributed by atoms with Crippen molar-refractivity contribution in [1.29, 1.82) is 0 Å². The molecule has 0 radical (unpaired) electrons. The molecule has 1 amide bonds. The van der Waals surface area contributed by atoms with Gasteiger partial charge in [-0.15, -0.1) is 11.3 Å². The van der Waals surface area contributed by atoms with Crippen LogP contribution in [-0.2, 0) is 12.8 Å². The minimum Gasteiger partial charge on any atom is -0.490 e. The lowest BCUT2D eigenvalue weighted by Gasteiger charge is -2.16. The van der Waals surface area contributed by atoms with E-state index in [2.05, 4.69) is 23.5 Å². The van der Waals surface area contributed by atoms with Crippen LogP contribution in [0.1, 0.15) is 41.6 Å². The molecule has 3 aromatic rings. The van der Waals surface area contributed by atoms with Crippen molar-refractivity contribution < 1.29 is 19.0 Å². The second kappa shape index (κ2) is 9.39. The van der Waals surface area contributed by atoms with Crippen LogP contribution in [0, 0.1) is 0 Å². The number of rotatable bonds is 8. The standard InChI is InChI=1S/C24H26N2O4S/c1-4-28-18-13-16(14-19(29-5-2)22(18)30-6-3)23(27)26-24-25-21-17-10-8-7-9-15(17)11-12-20(21)31-24/h7-10,13-14H,4-6,11-12H2,1-3H3,(H,25,26,27). The highest BCUT2D eigenvalue weighted by Gasteiger charge is 2.23. The van der Waals surface area contributed by atoms with Crippen molar-refractivity contribution in [2.24, 2.45) is 0 Å². The highest BCUT2D eigenvalue weighted by molar-refractivity contribution is 7.16. The summed E-state index contributed by atoms with van der Waals surface area (Å²) in [6.45, 7) is 7.05. The molecule has 0 saturated carbocycles.